The van der Waals surface area contributed by atoms with E-state index in [0.717, 1.165) is 36.3 Å². The predicted molar refractivity (Wildman–Crippen MR) is 60.8 cm³/mol. The second-order valence-electron chi connectivity index (χ2n) is 3.97. The van der Waals surface area contributed by atoms with Gasteiger partial charge in [-0.1, -0.05) is 0 Å². The van der Waals surface area contributed by atoms with Gasteiger partial charge in [0.1, 0.15) is 11.5 Å². The molecule has 0 saturated carbocycles. The summed E-state index contributed by atoms with van der Waals surface area (Å²) < 4.78 is 10.6. The van der Waals surface area contributed by atoms with Crippen molar-refractivity contribution in [2.45, 2.75) is 25.2 Å². The van der Waals surface area contributed by atoms with Gasteiger partial charge in [-0.25, -0.2) is 0 Å². The zero-order valence-corrected chi connectivity index (χ0v) is 9.62. The Labute approximate surface area is 95.6 Å². The minimum absolute atomic E-state index is 0.0206. The Kier molecular flexibility index (Phi) is 3.00. The lowest BCUT2D eigenvalue weighted by atomic mass is 9.83. The third-order valence-electron chi connectivity index (χ3n) is 3.12. The van der Waals surface area contributed by atoms with Crippen molar-refractivity contribution in [2.75, 3.05) is 14.2 Å². The van der Waals surface area contributed by atoms with Crippen molar-refractivity contribution in [2.24, 2.45) is 0 Å². The summed E-state index contributed by atoms with van der Waals surface area (Å²) in [5.74, 6) is 1.58. The van der Waals surface area contributed by atoms with Crippen molar-refractivity contribution in [3.63, 3.8) is 0 Å². The van der Waals surface area contributed by atoms with Gasteiger partial charge >= 0.3 is 0 Å². The van der Waals surface area contributed by atoms with Crippen LogP contribution in [0.15, 0.2) is 12.1 Å². The lowest BCUT2D eigenvalue weighted by Gasteiger charge is -2.23. The molecule has 2 rings (SSSR count). The van der Waals surface area contributed by atoms with Crippen LogP contribution in [0.1, 0.15) is 29.9 Å². The molecule has 1 aromatic carbocycles. The van der Waals surface area contributed by atoms with Crippen molar-refractivity contribution in [1.82, 2.24) is 0 Å². The Hall–Kier alpha value is -1.69. The average molecular weight is 217 g/mol. The molecule has 0 bridgehead atoms. The smallest absolute Gasteiger partial charge is 0.126 e. The van der Waals surface area contributed by atoms with Gasteiger partial charge in [-0.05, 0) is 36.5 Å². The number of fused-ring (bicyclic) bond motifs is 1. The van der Waals surface area contributed by atoms with Crippen LogP contribution in [0.3, 0.4) is 0 Å². The molecular weight excluding hydrogens is 202 g/mol. The van der Waals surface area contributed by atoms with Crippen LogP contribution in [-0.2, 0) is 6.42 Å². The summed E-state index contributed by atoms with van der Waals surface area (Å²) in [6, 6.07) is 6.20. The molecule has 0 aliphatic heterocycles. The van der Waals surface area contributed by atoms with Crippen LogP contribution in [0.5, 0.6) is 11.5 Å². The summed E-state index contributed by atoms with van der Waals surface area (Å²) in [6.45, 7) is 0. The van der Waals surface area contributed by atoms with Gasteiger partial charge in [0.2, 0.25) is 0 Å². The maximum absolute atomic E-state index is 9.13. The molecule has 1 aliphatic rings. The zero-order valence-electron chi connectivity index (χ0n) is 9.62. The van der Waals surface area contributed by atoms with E-state index in [1.807, 2.05) is 12.1 Å². The standard InChI is InChI=1S/C13H15NO2/c1-15-10-6-12-9(8-14)4-3-5-11(12)13(7-10)16-2/h6-7,9H,3-5H2,1-2H3. The molecule has 0 N–H and O–H groups in total. The van der Waals surface area contributed by atoms with Gasteiger partial charge in [0.25, 0.3) is 0 Å². The zero-order chi connectivity index (χ0) is 11.5. The van der Waals surface area contributed by atoms with Crippen LogP contribution in [0.4, 0.5) is 0 Å². The topological polar surface area (TPSA) is 42.2 Å². The van der Waals surface area contributed by atoms with E-state index in [9.17, 15) is 0 Å². The highest BCUT2D eigenvalue weighted by Gasteiger charge is 2.23. The molecule has 0 heterocycles. The molecular formula is C13H15NO2. The second-order valence-corrected chi connectivity index (χ2v) is 3.97. The van der Waals surface area contributed by atoms with Gasteiger partial charge in [-0.2, -0.15) is 5.26 Å². The molecule has 16 heavy (non-hydrogen) atoms. The Bertz CT molecular complexity index is 434. The molecule has 0 spiro atoms. The number of hydrogen-bond donors (Lipinski definition) is 0. The average Bonchev–Trinajstić information content (AvgIpc) is 2.36. The highest BCUT2D eigenvalue weighted by Crippen LogP contribution is 2.39. The van der Waals surface area contributed by atoms with Crippen molar-refractivity contribution >= 4 is 0 Å². The predicted octanol–water partition coefficient (Wildman–Crippen LogP) is 2.65. The third kappa shape index (κ3) is 1.71. The largest absolute Gasteiger partial charge is 0.497 e. The van der Waals surface area contributed by atoms with Crippen molar-refractivity contribution in [3.8, 4) is 17.6 Å². The number of nitrogens with zero attached hydrogens (tertiary/aromatic N) is 1. The maximum atomic E-state index is 9.13. The summed E-state index contributed by atoms with van der Waals surface area (Å²) in [6.07, 6.45) is 2.97. The first kappa shape index (κ1) is 10.8. The highest BCUT2D eigenvalue weighted by atomic mass is 16.5. The Morgan fingerprint density at radius 2 is 2.12 bits per heavy atom. The fraction of sp³-hybridized carbons (Fsp3) is 0.462. The molecule has 84 valence electrons. The van der Waals surface area contributed by atoms with Crippen molar-refractivity contribution < 1.29 is 9.47 Å². The molecule has 0 aromatic heterocycles. The van der Waals surface area contributed by atoms with Crippen molar-refractivity contribution in [3.05, 3.63) is 23.3 Å². The number of rotatable bonds is 2. The first-order valence-electron chi connectivity index (χ1n) is 5.44. The molecule has 0 radical (unpaired) electrons. The van der Waals surface area contributed by atoms with Crippen molar-refractivity contribution in [1.29, 1.82) is 5.26 Å². The van der Waals surface area contributed by atoms with Crippen LogP contribution in [0.2, 0.25) is 0 Å². The first-order chi connectivity index (χ1) is 7.80. The summed E-state index contributed by atoms with van der Waals surface area (Å²) in [5, 5.41) is 9.13. The highest BCUT2D eigenvalue weighted by molar-refractivity contribution is 5.50. The molecule has 1 unspecified atom stereocenters. The molecule has 0 saturated heterocycles. The van der Waals surface area contributed by atoms with E-state index in [1.54, 1.807) is 14.2 Å². The van der Waals surface area contributed by atoms with Crippen LogP contribution >= 0.6 is 0 Å². The van der Waals surface area contributed by atoms with E-state index >= 15 is 0 Å². The molecule has 0 fully saturated rings. The number of hydrogen-bond acceptors (Lipinski definition) is 3. The van der Waals surface area contributed by atoms with E-state index in [2.05, 4.69) is 6.07 Å². The van der Waals surface area contributed by atoms with E-state index < -0.39 is 0 Å². The number of nitriles is 1. The number of benzene rings is 1. The molecule has 3 nitrogen and oxygen atoms in total. The second kappa shape index (κ2) is 4.44. The van der Waals surface area contributed by atoms with E-state index in [1.165, 1.54) is 5.56 Å². The van der Waals surface area contributed by atoms with E-state index in [4.69, 9.17) is 14.7 Å². The molecule has 1 atom stereocenters. The van der Waals surface area contributed by atoms with Crippen LogP contribution in [-0.4, -0.2) is 14.2 Å². The summed E-state index contributed by atoms with van der Waals surface area (Å²) in [5.41, 5.74) is 2.24. The Balaban J connectivity index is 2.55. The summed E-state index contributed by atoms with van der Waals surface area (Å²) in [4.78, 5) is 0. The fourth-order valence-corrected chi connectivity index (χ4v) is 2.29. The summed E-state index contributed by atoms with van der Waals surface area (Å²) in [7, 11) is 3.29. The van der Waals surface area contributed by atoms with Gasteiger partial charge in [0.05, 0.1) is 26.2 Å². The van der Waals surface area contributed by atoms with E-state index in [0.29, 0.717) is 0 Å². The lowest BCUT2D eigenvalue weighted by molar-refractivity contribution is 0.386. The fourth-order valence-electron chi connectivity index (χ4n) is 2.29. The summed E-state index contributed by atoms with van der Waals surface area (Å²) >= 11 is 0. The maximum Gasteiger partial charge on any atom is 0.126 e. The van der Waals surface area contributed by atoms with Crippen LogP contribution in [0, 0.1) is 11.3 Å². The van der Waals surface area contributed by atoms with Gasteiger partial charge in [0, 0.05) is 6.07 Å². The first-order valence-corrected chi connectivity index (χ1v) is 5.44. The monoisotopic (exact) mass is 217 g/mol. The minimum Gasteiger partial charge on any atom is -0.497 e. The van der Waals surface area contributed by atoms with Gasteiger partial charge < -0.3 is 9.47 Å². The normalized spacial score (nSPS) is 18.4. The van der Waals surface area contributed by atoms with Gasteiger partial charge in [0.15, 0.2) is 0 Å². The van der Waals surface area contributed by atoms with E-state index in [-0.39, 0.29) is 5.92 Å². The number of ether oxygens (including phenoxy) is 2. The van der Waals surface area contributed by atoms with Crippen LogP contribution < -0.4 is 9.47 Å². The third-order valence-corrected chi connectivity index (χ3v) is 3.12. The Morgan fingerprint density at radius 1 is 1.31 bits per heavy atom. The molecule has 1 aromatic rings. The SMILES string of the molecule is COc1cc(OC)c2c(c1)C(C#N)CCC2. The lowest BCUT2D eigenvalue weighted by Crippen LogP contribution is -2.10. The molecule has 1 aliphatic carbocycles. The number of methoxy groups -OCH3 is 2. The quantitative estimate of drug-likeness (QED) is 0.764. The minimum atomic E-state index is -0.0206. The van der Waals surface area contributed by atoms with Crippen LogP contribution in [0.25, 0.3) is 0 Å². The Morgan fingerprint density at radius 3 is 2.75 bits per heavy atom. The van der Waals surface area contributed by atoms with Gasteiger partial charge in [-0.15, -0.1) is 0 Å². The van der Waals surface area contributed by atoms with Gasteiger partial charge in [-0.3, -0.25) is 0 Å². The molecule has 0 amide bonds. The molecule has 3 heteroatoms.